The predicted molar refractivity (Wildman–Crippen MR) is 47.3 cm³/mol. The van der Waals surface area contributed by atoms with Gasteiger partial charge in [-0.3, -0.25) is 0 Å². The molecular weight excluding hydrogens is 213 g/mol. The van der Waals surface area contributed by atoms with Gasteiger partial charge in [-0.05, 0) is 20.8 Å². The van der Waals surface area contributed by atoms with Gasteiger partial charge in [-0.2, -0.15) is 0 Å². The third-order valence-electron chi connectivity index (χ3n) is 0. The Kier molecular flexibility index (Phi) is 7.78. The van der Waals surface area contributed by atoms with E-state index in [-0.39, 0.29) is 5.54 Å². The molecule has 0 amide bonds. The van der Waals surface area contributed by atoms with Gasteiger partial charge in [0.1, 0.15) is 0 Å². The SMILES string of the molecule is CC(C)(C)N.[CH3][In]([CH3])[CH3]. The summed E-state index contributed by atoms with van der Waals surface area (Å²) < 4.78 is 7.13. The average Bonchev–Trinajstić information content (AvgIpc) is 1.19. The minimum atomic E-state index is -0.637. The van der Waals surface area contributed by atoms with Crippen molar-refractivity contribution in [2.75, 3.05) is 0 Å². The molecule has 0 bridgehead atoms. The van der Waals surface area contributed by atoms with E-state index in [1.165, 1.54) is 0 Å². The first kappa shape index (κ1) is 12.5. The molecule has 0 heterocycles. The zero-order chi connectivity index (χ0) is 8.08. The van der Waals surface area contributed by atoms with Crippen LogP contribution in [0, 0.1) is 0 Å². The Morgan fingerprint density at radius 1 is 1.00 bits per heavy atom. The second kappa shape index (κ2) is 5.60. The average molecular weight is 233 g/mol. The van der Waals surface area contributed by atoms with Crippen molar-refractivity contribution in [3.05, 3.63) is 0 Å². The van der Waals surface area contributed by atoms with Crippen LogP contribution in [0.5, 0.6) is 0 Å². The van der Waals surface area contributed by atoms with E-state index in [1.807, 2.05) is 20.8 Å². The van der Waals surface area contributed by atoms with Crippen LogP contribution in [-0.4, -0.2) is 27.0 Å². The molecule has 0 saturated carbocycles. The van der Waals surface area contributed by atoms with E-state index in [9.17, 15) is 0 Å². The summed E-state index contributed by atoms with van der Waals surface area (Å²) in [6.45, 7) is 5.90. The van der Waals surface area contributed by atoms with Crippen molar-refractivity contribution in [3.8, 4) is 0 Å². The molecule has 0 aromatic heterocycles. The van der Waals surface area contributed by atoms with Gasteiger partial charge in [0.25, 0.3) is 0 Å². The van der Waals surface area contributed by atoms with Crippen molar-refractivity contribution in [1.82, 2.24) is 0 Å². The summed E-state index contributed by atoms with van der Waals surface area (Å²) in [7, 11) is 0. The number of hydrogen-bond acceptors (Lipinski definition) is 1. The van der Waals surface area contributed by atoms with E-state index in [0.717, 1.165) is 0 Å². The summed E-state index contributed by atoms with van der Waals surface area (Å²) in [4.78, 5) is 0. The Labute approximate surface area is 67.5 Å². The van der Waals surface area contributed by atoms with Gasteiger partial charge in [0.05, 0.1) is 0 Å². The van der Waals surface area contributed by atoms with Gasteiger partial charge in [-0.15, -0.1) is 0 Å². The van der Waals surface area contributed by atoms with Crippen LogP contribution >= 0.6 is 0 Å². The molecule has 0 aliphatic rings. The van der Waals surface area contributed by atoms with Gasteiger partial charge in [0.2, 0.25) is 0 Å². The Bertz CT molecular complexity index is 45.7. The molecule has 0 fully saturated rings. The summed E-state index contributed by atoms with van der Waals surface area (Å²) in [6.07, 6.45) is 0. The third-order valence-corrected chi connectivity index (χ3v) is 0. The fourth-order valence-electron chi connectivity index (χ4n) is 0. The summed E-state index contributed by atoms with van der Waals surface area (Å²) in [5.41, 5.74) is 5.35. The maximum atomic E-state index is 5.35. The number of hydrogen-bond donors (Lipinski definition) is 1. The molecule has 0 atom stereocenters. The fourth-order valence-corrected chi connectivity index (χ4v) is 0. The van der Waals surface area contributed by atoms with Crippen molar-refractivity contribution in [3.63, 3.8) is 0 Å². The van der Waals surface area contributed by atoms with Crippen LogP contribution in [0.1, 0.15) is 20.8 Å². The third kappa shape index (κ3) is 598. The van der Waals surface area contributed by atoms with Gasteiger partial charge in [0, 0.05) is 5.54 Å². The van der Waals surface area contributed by atoms with Crippen molar-refractivity contribution in [2.24, 2.45) is 5.73 Å². The van der Waals surface area contributed by atoms with E-state index in [4.69, 9.17) is 5.73 Å². The zero-order valence-electron chi connectivity index (χ0n) is 7.65. The molecule has 2 N–H and O–H groups in total. The molecule has 0 aromatic rings. The molecule has 9 heavy (non-hydrogen) atoms. The van der Waals surface area contributed by atoms with Gasteiger partial charge >= 0.3 is 35.5 Å². The summed E-state index contributed by atoms with van der Waals surface area (Å²) in [5, 5.41) is 0. The molecule has 56 valence electrons. The molecule has 0 saturated heterocycles. The Morgan fingerprint density at radius 3 is 1.00 bits per heavy atom. The molecule has 0 radical (unpaired) electrons. The van der Waals surface area contributed by atoms with Gasteiger partial charge < -0.3 is 5.73 Å². The van der Waals surface area contributed by atoms with Crippen LogP contribution in [0.3, 0.4) is 0 Å². The van der Waals surface area contributed by atoms with Crippen molar-refractivity contribution in [2.45, 2.75) is 40.4 Å². The molecule has 0 aliphatic heterocycles. The van der Waals surface area contributed by atoms with Crippen LogP contribution in [0.15, 0.2) is 0 Å². The van der Waals surface area contributed by atoms with Gasteiger partial charge in [-0.25, -0.2) is 0 Å². The summed E-state index contributed by atoms with van der Waals surface area (Å²) in [6, 6.07) is 0. The quantitative estimate of drug-likeness (QED) is 0.681. The topological polar surface area (TPSA) is 26.0 Å². The summed E-state index contributed by atoms with van der Waals surface area (Å²) >= 11 is -0.637. The predicted octanol–water partition coefficient (Wildman–Crippen LogP) is 2.11. The van der Waals surface area contributed by atoms with Crippen molar-refractivity contribution in [1.29, 1.82) is 0 Å². The molecule has 0 rings (SSSR count). The van der Waals surface area contributed by atoms with E-state index in [1.54, 1.807) is 0 Å². The standard InChI is InChI=1S/C4H11N.3CH3.In/c1-4(2,3)5;;;;/h5H2,1-3H3;3*1H3;. The molecule has 0 aliphatic carbocycles. The van der Waals surface area contributed by atoms with Crippen molar-refractivity contribution >= 4 is 21.4 Å². The fraction of sp³-hybridized carbons (Fsp3) is 1.00. The van der Waals surface area contributed by atoms with Crippen LogP contribution in [0.25, 0.3) is 0 Å². The molecule has 0 unspecified atom stereocenters. The summed E-state index contributed by atoms with van der Waals surface area (Å²) in [5.74, 6) is 0. The molecule has 1 nitrogen and oxygen atoms in total. The first-order valence-corrected chi connectivity index (χ1v) is 13.4. The molecule has 2 heteroatoms. The van der Waals surface area contributed by atoms with E-state index < -0.39 is 21.4 Å². The van der Waals surface area contributed by atoms with Crippen molar-refractivity contribution < 1.29 is 0 Å². The van der Waals surface area contributed by atoms with Crippen LogP contribution < -0.4 is 5.73 Å². The second-order valence-electron chi connectivity index (χ2n) is 4.10. The molecule has 0 spiro atoms. The van der Waals surface area contributed by atoms with Crippen LogP contribution in [0.2, 0.25) is 14.0 Å². The van der Waals surface area contributed by atoms with E-state index in [0.29, 0.717) is 0 Å². The number of rotatable bonds is 0. The first-order valence-electron chi connectivity index (χ1n) is 3.52. The Hall–Kier alpha value is 0.830. The molecular formula is C7H20InN. The first-order chi connectivity index (χ1) is 3.73. The monoisotopic (exact) mass is 233 g/mol. The van der Waals surface area contributed by atoms with Gasteiger partial charge in [-0.1, -0.05) is 0 Å². The molecule has 0 aromatic carbocycles. The Morgan fingerprint density at radius 2 is 1.00 bits per heavy atom. The maximum absolute atomic E-state index is 5.35. The van der Waals surface area contributed by atoms with Gasteiger partial charge in [0.15, 0.2) is 0 Å². The minimum absolute atomic E-state index is 0. The number of nitrogens with two attached hydrogens (primary N) is 1. The zero-order valence-corrected chi connectivity index (χ0v) is 11.0. The Balaban J connectivity index is 0. The van der Waals surface area contributed by atoms with E-state index >= 15 is 0 Å². The van der Waals surface area contributed by atoms with E-state index in [2.05, 4.69) is 14.0 Å². The van der Waals surface area contributed by atoms with Crippen LogP contribution in [-0.2, 0) is 0 Å². The normalized spacial score (nSPS) is 9.67. The second-order valence-corrected chi connectivity index (χ2v) is 14.0. The van der Waals surface area contributed by atoms with Crippen LogP contribution in [0.4, 0.5) is 0 Å².